The van der Waals surface area contributed by atoms with Crippen LogP contribution < -0.4 is 16.0 Å². The van der Waals surface area contributed by atoms with Gasteiger partial charge in [0, 0.05) is 22.1 Å². The van der Waals surface area contributed by atoms with Gasteiger partial charge in [0.15, 0.2) is 0 Å². The summed E-state index contributed by atoms with van der Waals surface area (Å²) in [7, 11) is 0. The summed E-state index contributed by atoms with van der Waals surface area (Å²) in [5.74, 6) is -0.384. The van der Waals surface area contributed by atoms with Crippen LogP contribution in [0.3, 0.4) is 0 Å². The molecule has 7 heteroatoms. The normalized spacial score (nSPS) is 15.1. The fraction of sp³-hybridized carbons (Fsp3) is 0.364. The quantitative estimate of drug-likeness (QED) is 0.577. The van der Waals surface area contributed by atoms with Gasteiger partial charge in [-0.05, 0) is 49.6 Å². The van der Waals surface area contributed by atoms with E-state index in [0.29, 0.717) is 21.3 Å². The van der Waals surface area contributed by atoms with Crippen LogP contribution in [0.15, 0.2) is 42.5 Å². The van der Waals surface area contributed by atoms with Crippen LogP contribution >= 0.6 is 23.2 Å². The first kappa shape index (κ1) is 21.6. The van der Waals surface area contributed by atoms with Gasteiger partial charge >= 0.3 is 0 Å². The van der Waals surface area contributed by atoms with E-state index in [1.807, 2.05) is 13.0 Å². The molecule has 1 saturated carbocycles. The number of nitrogens with one attached hydrogen (secondary N) is 3. The predicted molar refractivity (Wildman–Crippen MR) is 118 cm³/mol. The summed E-state index contributed by atoms with van der Waals surface area (Å²) >= 11 is 12.2. The van der Waals surface area contributed by atoms with Gasteiger partial charge in [-0.2, -0.15) is 0 Å². The van der Waals surface area contributed by atoms with E-state index in [1.54, 1.807) is 36.4 Å². The smallest absolute Gasteiger partial charge is 0.253 e. The number of rotatable bonds is 7. The fourth-order valence-electron chi connectivity index (χ4n) is 3.53. The minimum atomic E-state index is -0.233. The molecule has 2 amide bonds. The van der Waals surface area contributed by atoms with Gasteiger partial charge in [0.05, 0.1) is 17.8 Å². The van der Waals surface area contributed by atoms with E-state index < -0.39 is 0 Å². The maximum absolute atomic E-state index is 12.6. The lowest BCUT2D eigenvalue weighted by Crippen LogP contribution is -2.34. The van der Waals surface area contributed by atoms with E-state index in [0.717, 1.165) is 31.2 Å². The molecule has 5 nitrogen and oxygen atoms in total. The molecule has 0 aromatic heterocycles. The van der Waals surface area contributed by atoms with Gasteiger partial charge in [-0.25, -0.2) is 0 Å². The van der Waals surface area contributed by atoms with Crippen LogP contribution in [-0.2, 0) is 4.79 Å². The van der Waals surface area contributed by atoms with Crippen molar-refractivity contribution in [1.82, 2.24) is 10.6 Å². The molecule has 2 aromatic carbocycles. The highest BCUT2D eigenvalue weighted by atomic mass is 35.5. The standard InChI is InChI=1S/C22H25Cl2N3O2/c1-14(17-11-10-15(23)12-19(17)24)25-13-21(28)27-20-9-5-4-8-18(20)22(29)26-16-6-2-3-7-16/h4-5,8-12,14,16,25H,2-3,6-7,13H2,1H3,(H,26,29)(H,27,28)/t14-/m0/s1. The Hall–Kier alpha value is -2.08. The monoisotopic (exact) mass is 433 g/mol. The van der Waals surface area contributed by atoms with Crippen LogP contribution in [0.25, 0.3) is 0 Å². The van der Waals surface area contributed by atoms with Crippen LogP contribution in [0.2, 0.25) is 10.0 Å². The maximum atomic E-state index is 12.6. The minimum Gasteiger partial charge on any atom is -0.349 e. The molecular weight excluding hydrogens is 409 g/mol. The number of carbonyl (C=O) groups is 2. The van der Waals surface area contributed by atoms with Crippen molar-refractivity contribution in [2.75, 3.05) is 11.9 Å². The number of carbonyl (C=O) groups excluding carboxylic acids is 2. The third kappa shape index (κ3) is 5.95. The highest BCUT2D eigenvalue weighted by Gasteiger charge is 2.20. The number of benzene rings is 2. The molecule has 0 spiro atoms. The minimum absolute atomic E-state index is 0.0820. The summed E-state index contributed by atoms with van der Waals surface area (Å²) in [5.41, 5.74) is 1.84. The van der Waals surface area contributed by atoms with Gasteiger partial charge in [-0.15, -0.1) is 0 Å². The topological polar surface area (TPSA) is 70.2 Å². The molecule has 0 heterocycles. The molecule has 2 aromatic rings. The van der Waals surface area contributed by atoms with E-state index in [2.05, 4.69) is 16.0 Å². The molecule has 0 saturated heterocycles. The number of para-hydroxylation sites is 1. The van der Waals surface area contributed by atoms with Crippen molar-refractivity contribution in [3.63, 3.8) is 0 Å². The van der Waals surface area contributed by atoms with E-state index in [-0.39, 0.29) is 30.4 Å². The average molecular weight is 434 g/mol. The Balaban J connectivity index is 1.58. The van der Waals surface area contributed by atoms with Crippen LogP contribution in [-0.4, -0.2) is 24.4 Å². The molecule has 154 valence electrons. The molecule has 29 heavy (non-hydrogen) atoms. The second-order valence-electron chi connectivity index (χ2n) is 7.32. The highest BCUT2D eigenvalue weighted by molar-refractivity contribution is 6.35. The second-order valence-corrected chi connectivity index (χ2v) is 8.16. The first-order chi connectivity index (χ1) is 13.9. The molecule has 0 bridgehead atoms. The Kier molecular flexibility index (Phi) is 7.53. The molecule has 1 atom stereocenters. The fourth-order valence-corrected chi connectivity index (χ4v) is 4.10. The van der Waals surface area contributed by atoms with Crippen molar-refractivity contribution >= 4 is 40.7 Å². The molecule has 1 aliphatic rings. The zero-order chi connectivity index (χ0) is 20.8. The van der Waals surface area contributed by atoms with Gasteiger partial charge in [-0.1, -0.05) is 54.2 Å². The molecule has 1 aliphatic carbocycles. The third-order valence-corrected chi connectivity index (χ3v) is 5.70. The molecule has 1 fully saturated rings. The Labute approximate surface area is 181 Å². The molecule has 0 aliphatic heterocycles. The Morgan fingerprint density at radius 1 is 1.10 bits per heavy atom. The lowest BCUT2D eigenvalue weighted by Gasteiger charge is -2.17. The summed E-state index contributed by atoms with van der Waals surface area (Å²) in [5, 5.41) is 10.2. The third-order valence-electron chi connectivity index (χ3n) is 5.13. The number of halogens is 2. The lowest BCUT2D eigenvalue weighted by molar-refractivity contribution is -0.115. The van der Waals surface area contributed by atoms with Crippen molar-refractivity contribution in [3.8, 4) is 0 Å². The Bertz CT molecular complexity index is 882. The molecular formula is C22H25Cl2N3O2. The van der Waals surface area contributed by atoms with Gasteiger partial charge < -0.3 is 16.0 Å². The summed E-state index contributed by atoms with van der Waals surface area (Å²) in [6, 6.07) is 12.4. The Morgan fingerprint density at radius 3 is 2.55 bits per heavy atom. The maximum Gasteiger partial charge on any atom is 0.253 e. The number of anilines is 1. The first-order valence-corrected chi connectivity index (χ1v) is 10.6. The van der Waals surface area contributed by atoms with Gasteiger partial charge in [0.2, 0.25) is 5.91 Å². The van der Waals surface area contributed by atoms with Crippen molar-refractivity contribution in [1.29, 1.82) is 0 Å². The summed E-state index contributed by atoms with van der Waals surface area (Å²) in [6.45, 7) is 2.00. The first-order valence-electron chi connectivity index (χ1n) is 9.82. The number of hydrogen-bond acceptors (Lipinski definition) is 3. The van der Waals surface area contributed by atoms with Crippen LogP contribution in [0.5, 0.6) is 0 Å². The zero-order valence-corrected chi connectivity index (χ0v) is 17.8. The molecule has 0 unspecified atom stereocenters. The van der Waals surface area contributed by atoms with E-state index in [1.165, 1.54) is 0 Å². The molecule has 3 N–H and O–H groups in total. The van der Waals surface area contributed by atoms with Crippen LogP contribution in [0.4, 0.5) is 5.69 Å². The van der Waals surface area contributed by atoms with Crippen LogP contribution in [0.1, 0.15) is 54.6 Å². The van der Waals surface area contributed by atoms with Crippen molar-refractivity contribution in [3.05, 3.63) is 63.6 Å². The Morgan fingerprint density at radius 2 is 1.83 bits per heavy atom. The van der Waals surface area contributed by atoms with E-state index in [9.17, 15) is 9.59 Å². The average Bonchev–Trinajstić information content (AvgIpc) is 3.19. The molecule has 3 rings (SSSR count). The van der Waals surface area contributed by atoms with Gasteiger partial charge in [-0.3, -0.25) is 9.59 Å². The van der Waals surface area contributed by atoms with E-state index >= 15 is 0 Å². The predicted octanol–water partition coefficient (Wildman–Crippen LogP) is 4.96. The summed E-state index contributed by atoms with van der Waals surface area (Å²) in [6.07, 6.45) is 4.31. The highest BCUT2D eigenvalue weighted by Crippen LogP contribution is 2.26. The number of hydrogen-bond donors (Lipinski definition) is 3. The van der Waals surface area contributed by atoms with Crippen molar-refractivity contribution in [2.45, 2.75) is 44.7 Å². The largest absolute Gasteiger partial charge is 0.349 e. The van der Waals surface area contributed by atoms with Gasteiger partial charge in [0.1, 0.15) is 0 Å². The lowest BCUT2D eigenvalue weighted by atomic mass is 10.1. The second kappa shape index (κ2) is 10.1. The summed E-state index contributed by atoms with van der Waals surface area (Å²) < 4.78 is 0. The summed E-state index contributed by atoms with van der Waals surface area (Å²) in [4.78, 5) is 25.1. The van der Waals surface area contributed by atoms with Crippen molar-refractivity contribution < 1.29 is 9.59 Å². The van der Waals surface area contributed by atoms with Gasteiger partial charge in [0.25, 0.3) is 5.91 Å². The molecule has 0 radical (unpaired) electrons. The van der Waals surface area contributed by atoms with Crippen molar-refractivity contribution in [2.24, 2.45) is 0 Å². The SMILES string of the molecule is C[C@H](NCC(=O)Nc1ccccc1C(=O)NC1CCCC1)c1ccc(Cl)cc1Cl. The van der Waals surface area contributed by atoms with E-state index in [4.69, 9.17) is 23.2 Å². The zero-order valence-electron chi connectivity index (χ0n) is 16.3. The van der Waals surface area contributed by atoms with Crippen LogP contribution in [0, 0.1) is 0 Å². The number of amides is 2.